The van der Waals surface area contributed by atoms with E-state index < -0.39 is 0 Å². The molecule has 112 valence electrons. The molecular weight excluding hydrogens is 246 g/mol. The highest BCUT2D eigenvalue weighted by Crippen LogP contribution is 2.18. The number of para-hydroxylation sites is 1. The second-order valence-electron chi connectivity index (χ2n) is 6.20. The first-order chi connectivity index (χ1) is 9.79. The van der Waals surface area contributed by atoms with Crippen LogP contribution in [0.25, 0.3) is 0 Å². The summed E-state index contributed by atoms with van der Waals surface area (Å²) in [5.41, 5.74) is 1.32. The molecule has 20 heavy (non-hydrogen) atoms. The number of piperidine rings is 1. The summed E-state index contributed by atoms with van der Waals surface area (Å²) in [5, 5.41) is 0. The van der Waals surface area contributed by atoms with E-state index in [1.54, 1.807) is 4.90 Å². The van der Waals surface area contributed by atoms with E-state index in [0.717, 1.165) is 24.7 Å². The van der Waals surface area contributed by atoms with Crippen LogP contribution in [-0.2, 0) is 6.42 Å². The highest BCUT2D eigenvalue weighted by molar-refractivity contribution is 5.33. The zero-order valence-electron chi connectivity index (χ0n) is 13.2. The van der Waals surface area contributed by atoms with Gasteiger partial charge >= 0.3 is 0 Å². The van der Waals surface area contributed by atoms with Crippen molar-refractivity contribution in [3.8, 4) is 5.75 Å². The number of hydrogen-bond acceptors (Lipinski definition) is 1. The average Bonchev–Trinajstić information content (AvgIpc) is 2.49. The van der Waals surface area contributed by atoms with E-state index in [0.29, 0.717) is 0 Å². The molecule has 0 spiro atoms. The summed E-state index contributed by atoms with van der Waals surface area (Å²) in [7, 11) is 0. The molecule has 1 fully saturated rings. The minimum atomic E-state index is 0.862. The second-order valence-corrected chi connectivity index (χ2v) is 6.20. The van der Waals surface area contributed by atoms with Gasteiger partial charge in [-0.25, -0.2) is 0 Å². The van der Waals surface area contributed by atoms with E-state index in [-0.39, 0.29) is 0 Å². The molecule has 1 aromatic carbocycles. The van der Waals surface area contributed by atoms with Gasteiger partial charge in [0.25, 0.3) is 0 Å². The Balaban J connectivity index is 1.59. The Bertz CT molecular complexity index is 383. The van der Waals surface area contributed by atoms with Crippen molar-refractivity contribution in [3.63, 3.8) is 0 Å². The third-order valence-corrected chi connectivity index (χ3v) is 4.52. The first kappa shape index (κ1) is 15.4. The second kappa shape index (κ2) is 8.31. The molecule has 0 amide bonds. The van der Waals surface area contributed by atoms with Crippen molar-refractivity contribution >= 4 is 0 Å². The molecule has 2 heteroatoms. The number of unbranched alkanes of at least 4 members (excludes halogenated alkanes) is 1. The van der Waals surface area contributed by atoms with Gasteiger partial charge in [0.05, 0.1) is 26.2 Å². The maximum Gasteiger partial charge on any atom is 0.122 e. The number of hydrogen-bond donors (Lipinski definition) is 1. The van der Waals surface area contributed by atoms with Crippen molar-refractivity contribution < 1.29 is 9.64 Å². The zero-order chi connectivity index (χ0) is 14.2. The number of likely N-dealkylation sites (tertiary alicyclic amines) is 1. The largest absolute Gasteiger partial charge is 0.493 e. The normalized spacial score (nSPS) is 22.7. The van der Waals surface area contributed by atoms with Crippen LogP contribution in [0.4, 0.5) is 0 Å². The fourth-order valence-electron chi connectivity index (χ4n) is 3.02. The molecule has 1 aliphatic rings. The Morgan fingerprint density at radius 2 is 1.90 bits per heavy atom. The summed E-state index contributed by atoms with van der Waals surface area (Å²) in [6.07, 6.45) is 6.34. The number of aryl methyl sites for hydroxylation is 1. The van der Waals surface area contributed by atoms with Crippen LogP contribution in [0.2, 0.25) is 0 Å². The van der Waals surface area contributed by atoms with Crippen LogP contribution in [0.5, 0.6) is 5.75 Å². The molecule has 2 rings (SSSR count). The van der Waals surface area contributed by atoms with E-state index in [1.165, 1.54) is 50.9 Å². The summed E-state index contributed by atoms with van der Waals surface area (Å²) in [5.74, 6) is 2.03. The van der Waals surface area contributed by atoms with E-state index >= 15 is 0 Å². The van der Waals surface area contributed by atoms with Crippen molar-refractivity contribution in [1.29, 1.82) is 0 Å². The maximum absolute atomic E-state index is 5.93. The third-order valence-electron chi connectivity index (χ3n) is 4.52. The number of nitrogens with one attached hydrogen (secondary N) is 1. The molecule has 0 radical (unpaired) electrons. The standard InChI is InChI=1S/C18H29NO/c1-3-17-8-4-5-9-18(17)20-15-7-6-12-19-13-10-16(2)11-14-19/h4-5,8-9,16H,3,6-7,10-15H2,1-2H3/p+1. The molecule has 0 bridgehead atoms. The molecule has 0 unspecified atom stereocenters. The quantitative estimate of drug-likeness (QED) is 0.756. The molecule has 2 nitrogen and oxygen atoms in total. The predicted molar refractivity (Wildman–Crippen MR) is 84.5 cm³/mol. The van der Waals surface area contributed by atoms with Crippen molar-refractivity contribution in [3.05, 3.63) is 29.8 Å². The molecule has 1 saturated heterocycles. The van der Waals surface area contributed by atoms with Gasteiger partial charge in [-0.15, -0.1) is 0 Å². The van der Waals surface area contributed by atoms with Crippen molar-refractivity contribution in [2.24, 2.45) is 5.92 Å². The minimum Gasteiger partial charge on any atom is -0.493 e. The van der Waals surface area contributed by atoms with Gasteiger partial charge in [-0.05, 0) is 49.7 Å². The number of benzene rings is 1. The van der Waals surface area contributed by atoms with Gasteiger partial charge in [0.1, 0.15) is 5.75 Å². The van der Waals surface area contributed by atoms with E-state index in [1.807, 2.05) is 0 Å². The molecule has 1 aliphatic heterocycles. The van der Waals surface area contributed by atoms with Gasteiger partial charge < -0.3 is 9.64 Å². The van der Waals surface area contributed by atoms with Crippen LogP contribution >= 0.6 is 0 Å². The fraction of sp³-hybridized carbons (Fsp3) is 0.667. The maximum atomic E-state index is 5.93. The lowest BCUT2D eigenvalue weighted by Crippen LogP contribution is -3.13. The Morgan fingerprint density at radius 1 is 1.15 bits per heavy atom. The van der Waals surface area contributed by atoms with Gasteiger partial charge in [-0.2, -0.15) is 0 Å². The zero-order valence-corrected chi connectivity index (χ0v) is 13.2. The highest BCUT2D eigenvalue weighted by Gasteiger charge is 2.17. The van der Waals surface area contributed by atoms with E-state index in [4.69, 9.17) is 4.74 Å². The lowest BCUT2D eigenvalue weighted by Gasteiger charge is -2.27. The molecule has 1 aromatic rings. The molecule has 0 aliphatic carbocycles. The lowest BCUT2D eigenvalue weighted by atomic mass is 9.99. The number of rotatable bonds is 7. The predicted octanol–water partition coefficient (Wildman–Crippen LogP) is 2.72. The van der Waals surface area contributed by atoms with Crippen LogP contribution in [0.15, 0.2) is 24.3 Å². The van der Waals surface area contributed by atoms with Gasteiger partial charge in [-0.1, -0.05) is 32.0 Å². The van der Waals surface area contributed by atoms with Crippen LogP contribution in [-0.4, -0.2) is 26.2 Å². The molecular formula is C18H30NO+. The Kier molecular flexibility index (Phi) is 6.38. The van der Waals surface area contributed by atoms with Gasteiger partial charge in [0.15, 0.2) is 0 Å². The molecule has 0 aromatic heterocycles. The summed E-state index contributed by atoms with van der Waals surface area (Å²) >= 11 is 0. The summed E-state index contributed by atoms with van der Waals surface area (Å²) in [6.45, 7) is 9.51. The van der Waals surface area contributed by atoms with Crippen LogP contribution in [0.3, 0.4) is 0 Å². The molecule has 0 saturated carbocycles. The van der Waals surface area contributed by atoms with Gasteiger partial charge in [0.2, 0.25) is 0 Å². The molecule has 1 N–H and O–H groups in total. The third kappa shape index (κ3) is 4.82. The Morgan fingerprint density at radius 3 is 2.65 bits per heavy atom. The first-order valence-electron chi connectivity index (χ1n) is 8.34. The Labute approximate surface area is 124 Å². The molecule has 0 atom stereocenters. The SMILES string of the molecule is CCc1ccccc1OCCCC[NH+]1CCC(C)CC1. The first-order valence-corrected chi connectivity index (χ1v) is 8.34. The van der Waals surface area contributed by atoms with Crippen LogP contribution in [0.1, 0.15) is 45.1 Å². The van der Waals surface area contributed by atoms with Crippen LogP contribution in [0, 0.1) is 5.92 Å². The highest BCUT2D eigenvalue weighted by atomic mass is 16.5. The number of quaternary nitrogens is 1. The minimum absolute atomic E-state index is 0.862. The topological polar surface area (TPSA) is 13.7 Å². The van der Waals surface area contributed by atoms with E-state index in [2.05, 4.69) is 38.1 Å². The summed E-state index contributed by atoms with van der Waals surface area (Å²) in [4.78, 5) is 1.80. The summed E-state index contributed by atoms with van der Waals surface area (Å²) < 4.78 is 5.93. The number of ether oxygens (including phenoxy) is 1. The molecule has 1 heterocycles. The smallest absolute Gasteiger partial charge is 0.122 e. The fourth-order valence-corrected chi connectivity index (χ4v) is 3.02. The average molecular weight is 276 g/mol. The Hall–Kier alpha value is -1.02. The van der Waals surface area contributed by atoms with Crippen molar-refractivity contribution in [2.45, 2.75) is 46.0 Å². The monoisotopic (exact) mass is 276 g/mol. The lowest BCUT2D eigenvalue weighted by molar-refractivity contribution is -0.906. The van der Waals surface area contributed by atoms with Crippen LogP contribution < -0.4 is 9.64 Å². The van der Waals surface area contributed by atoms with Gasteiger partial charge in [-0.3, -0.25) is 0 Å². The van der Waals surface area contributed by atoms with Crippen molar-refractivity contribution in [1.82, 2.24) is 0 Å². The van der Waals surface area contributed by atoms with Crippen molar-refractivity contribution in [2.75, 3.05) is 26.2 Å². The summed E-state index contributed by atoms with van der Waals surface area (Å²) in [6, 6.07) is 8.41. The van der Waals surface area contributed by atoms with E-state index in [9.17, 15) is 0 Å². The van der Waals surface area contributed by atoms with Gasteiger partial charge in [0, 0.05) is 0 Å².